The summed E-state index contributed by atoms with van der Waals surface area (Å²) < 4.78 is 41.0. The van der Waals surface area contributed by atoms with Crippen LogP contribution >= 0.6 is 0 Å². The molecule has 0 amide bonds. The molecule has 0 heterocycles. The van der Waals surface area contributed by atoms with Crippen molar-refractivity contribution in [1.29, 1.82) is 0 Å². The first kappa shape index (κ1) is 101. The fourth-order valence-corrected chi connectivity index (χ4v) is 20.4. The molecule has 0 bridgehead atoms. The van der Waals surface area contributed by atoms with Gasteiger partial charge < -0.3 is 53.0 Å². The SMILES string of the molecule is CCCCCCCCC1(CCCCCCCC)c2cc(-c3ccc(C)cc3)ccc2-c2ccc(-c3ccc4c(c3)C(c3ccc(COCCOCCOCCO)c([CH+][C-]=O)c3)(c3ccc(OCCOCCOCCOC)c(C(=O)[O-])c3)c3cc(-c5ccc6c(c5)C(CCCCCCCC)(CCCCCCCC)c5cc(-c7ccc(C)cc7)ccc5-6)ccc3-4)cc21.[Cs+].[Os]. The molecule has 3 aliphatic carbocycles. The number of carbonyl (C=O) groups is 1. The predicted octanol–water partition coefficient (Wildman–Crippen LogP) is 23.5. The van der Waals surface area contributed by atoms with Crippen LogP contribution in [0, 0.1) is 20.3 Å². The van der Waals surface area contributed by atoms with Crippen LogP contribution in [0.3, 0.4) is 0 Å². The van der Waals surface area contributed by atoms with Gasteiger partial charge in [0, 0.05) is 54.4 Å². The molecule has 13 heteroatoms. The Kier molecular flexibility index (Phi) is 40.9. The van der Waals surface area contributed by atoms with Gasteiger partial charge in [0.15, 0.2) is 0 Å². The molecule has 0 saturated heterocycles. The van der Waals surface area contributed by atoms with E-state index in [1.807, 2.05) is 6.07 Å². The Morgan fingerprint density at radius 3 is 1.05 bits per heavy atom. The summed E-state index contributed by atoms with van der Waals surface area (Å²) in [6.07, 6.45) is 37.0. The molecule has 10 aromatic rings. The molecular weight excluding hydrogens is 1870 g/mol. The zero-order valence-corrected chi connectivity index (χ0v) is 86.2. The Morgan fingerprint density at radius 2 is 0.677 bits per heavy atom. The van der Waals surface area contributed by atoms with Crippen molar-refractivity contribution in [2.75, 3.05) is 86.4 Å². The molecule has 0 fully saturated rings. The normalized spacial score (nSPS) is 13.3. The van der Waals surface area contributed by atoms with Crippen LogP contribution in [0.1, 0.15) is 285 Å². The summed E-state index contributed by atoms with van der Waals surface area (Å²) >= 11 is 0. The van der Waals surface area contributed by atoms with Crippen LogP contribution in [0.4, 0.5) is 0 Å². The fourth-order valence-electron chi connectivity index (χ4n) is 20.4. The number of carboxylic acid groups (broad SMARTS) is 1. The van der Waals surface area contributed by atoms with Gasteiger partial charge in [0.2, 0.25) is 0 Å². The molecule has 0 spiro atoms. The minimum atomic E-state index is -1.38. The van der Waals surface area contributed by atoms with Crippen LogP contribution < -0.4 is 78.7 Å². The minimum Gasteiger partial charge on any atom is -0.545 e. The summed E-state index contributed by atoms with van der Waals surface area (Å²) in [7, 11) is 1.64. The Balaban J connectivity index is 0.00000782. The van der Waals surface area contributed by atoms with Crippen LogP contribution in [0.5, 0.6) is 5.75 Å². The summed E-state index contributed by atoms with van der Waals surface area (Å²) in [4.78, 5) is 27.5. The van der Waals surface area contributed by atoms with Crippen molar-refractivity contribution in [2.24, 2.45) is 0 Å². The van der Waals surface area contributed by atoms with Crippen LogP contribution in [-0.4, -0.2) is 104 Å². The van der Waals surface area contributed by atoms with Gasteiger partial charge in [-0.2, -0.15) is 0 Å². The van der Waals surface area contributed by atoms with Gasteiger partial charge in [-0.05, 0) is 229 Å². The summed E-state index contributed by atoms with van der Waals surface area (Å²) in [6, 6.07) is 73.3. The van der Waals surface area contributed by atoms with Gasteiger partial charge in [-0.25, -0.2) is 0 Å². The fraction of sp³-hybridized carbons (Fsp3) is 0.447. The molecule has 0 saturated carbocycles. The number of ether oxygens (including phenoxy) is 7. The van der Waals surface area contributed by atoms with E-state index in [0.29, 0.717) is 57.4 Å². The van der Waals surface area contributed by atoms with E-state index < -0.39 is 11.4 Å². The van der Waals surface area contributed by atoms with E-state index >= 15 is 0 Å². The van der Waals surface area contributed by atoms with E-state index in [9.17, 15) is 19.8 Å². The van der Waals surface area contributed by atoms with Crippen molar-refractivity contribution in [3.63, 3.8) is 0 Å². The number of hydrogen-bond donors (Lipinski definition) is 1. The predicted molar refractivity (Wildman–Crippen MR) is 510 cm³/mol. The van der Waals surface area contributed by atoms with Crippen LogP contribution in [0.25, 0.3) is 77.9 Å². The van der Waals surface area contributed by atoms with E-state index in [4.69, 9.17) is 33.2 Å². The topological polar surface area (TPSA) is 142 Å². The molecule has 3 aliphatic rings. The molecule has 1 N–H and O–H groups in total. The van der Waals surface area contributed by atoms with E-state index in [0.717, 1.165) is 107 Å². The summed E-state index contributed by atoms with van der Waals surface area (Å²) in [5, 5.41) is 23.6. The van der Waals surface area contributed by atoms with Crippen molar-refractivity contribution >= 4 is 12.3 Å². The third-order valence-corrected chi connectivity index (χ3v) is 27.1. The molecular formula is C114H137CsO11Os. The summed E-state index contributed by atoms with van der Waals surface area (Å²) in [6.45, 7) is 17.1. The number of hydrogen-bond acceptors (Lipinski definition) is 11. The standard InChI is InChI=1S/C114H138O11.Cs.Os/c1-8-12-16-20-24-28-57-112(58-29-25-21-17-13-9-2)104-75-87(85-36-32-83(5)33-37-85)41-49-97(104)99-51-43-89(77-106(99)112)91-45-53-101-102-54-46-92(90-44-52-100-98-50-42-88(86-38-34-84(6)35-39-86)76-105(98)113(107(100)78-90,59-30-26-22-18-14-10-3)60-31-27-23-19-15-11-4)80-109(102)114(108(101)79-91,95-47-40-94(93(74-95)56-61-115)82-124-71-70-122-67-66-120-63-62-116)96-48-55-110(103(81-96)111(117)118)125-73-72-123-69-68-121-65-64-119-7;;/h32-56,74-81,116H,8-31,57-60,62-73,82H2,1-7H3,(H,117,118);;/q;+1;/p-1. The number of unbranched alkanes of at least 4 members (excludes halogenated alkanes) is 20. The first-order valence-electron chi connectivity index (χ1n) is 47.7. The van der Waals surface area contributed by atoms with E-state index in [1.54, 1.807) is 19.2 Å². The third kappa shape index (κ3) is 24.7. The van der Waals surface area contributed by atoms with E-state index in [-0.39, 0.29) is 150 Å². The maximum absolute atomic E-state index is 14.3. The average Bonchev–Trinajstić information content (AvgIpc) is 1.50. The number of carboxylic acids is 1. The van der Waals surface area contributed by atoms with Gasteiger partial charge in [-0.1, -0.05) is 327 Å². The van der Waals surface area contributed by atoms with Crippen molar-refractivity contribution in [1.82, 2.24) is 0 Å². The zero-order valence-electron chi connectivity index (χ0n) is 77.4. The van der Waals surface area contributed by atoms with Gasteiger partial charge in [0.25, 0.3) is 0 Å². The Labute approximate surface area is 832 Å². The molecule has 0 aromatic heterocycles. The van der Waals surface area contributed by atoms with Gasteiger partial charge in [0.05, 0.1) is 90.3 Å². The van der Waals surface area contributed by atoms with Crippen molar-refractivity contribution in [2.45, 2.75) is 244 Å². The Morgan fingerprint density at radius 1 is 0.362 bits per heavy atom. The van der Waals surface area contributed by atoms with Gasteiger partial charge in [-0.15, -0.1) is 0 Å². The van der Waals surface area contributed by atoms with Crippen LogP contribution in [0.2, 0.25) is 0 Å². The zero-order chi connectivity index (χ0) is 87.2. The van der Waals surface area contributed by atoms with Crippen LogP contribution in [-0.2, 0) is 75.9 Å². The molecule has 0 radical (unpaired) electrons. The van der Waals surface area contributed by atoms with E-state index in [2.05, 4.69) is 224 Å². The maximum Gasteiger partial charge on any atom is 1.00 e. The molecule has 13 rings (SSSR count). The van der Waals surface area contributed by atoms with Gasteiger partial charge in [-0.3, -0.25) is 0 Å². The summed E-state index contributed by atoms with van der Waals surface area (Å²) in [5.74, 6) is -1.22. The number of aromatic carboxylic acids is 1. The quantitative estimate of drug-likeness (QED) is 0.0288. The number of fused-ring (bicyclic) bond motifs is 9. The van der Waals surface area contributed by atoms with Crippen molar-refractivity contribution < 1.29 is 142 Å². The average molecular weight is 2010 g/mol. The first-order chi connectivity index (χ1) is 61.4. The van der Waals surface area contributed by atoms with Gasteiger partial charge >= 0.3 is 68.9 Å². The smallest absolute Gasteiger partial charge is 0.545 e. The largest absolute Gasteiger partial charge is 1.00 e. The van der Waals surface area contributed by atoms with E-state index in [1.165, 1.54) is 213 Å². The second-order valence-corrected chi connectivity index (χ2v) is 35.5. The second-order valence-electron chi connectivity index (χ2n) is 35.5. The number of methoxy groups -OCH3 is 1. The minimum absolute atomic E-state index is 0. The number of rotatable bonds is 57. The van der Waals surface area contributed by atoms with Crippen molar-refractivity contribution in [3.8, 4) is 83.6 Å². The molecule has 0 unspecified atom stereocenters. The number of aliphatic hydroxyl groups is 1. The van der Waals surface area contributed by atoms with Crippen LogP contribution in [0.15, 0.2) is 194 Å². The monoisotopic (exact) mass is 2010 g/mol. The molecule has 10 aromatic carbocycles. The number of aryl methyl sites for hydroxylation is 2. The maximum atomic E-state index is 14.3. The summed E-state index contributed by atoms with van der Waals surface area (Å²) in [5.41, 5.74) is 27.7. The molecule has 11 nitrogen and oxygen atoms in total. The first-order valence-corrected chi connectivity index (χ1v) is 47.7. The number of aliphatic hydroxyl groups excluding tert-OH is 1. The molecule has 0 atom stereocenters. The molecule has 0 aliphatic heterocycles. The molecule has 668 valence electrons. The number of benzene rings is 10. The Bertz CT molecular complexity index is 4860. The second kappa shape index (κ2) is 51.4. The van der Waals surface area contributed by atoms with Crippen molar-refractivity contribution in [3.05, 3.63) is 273 Å². The van der Waals surface area contributed by atoms with Gasteiger partial charge in [0.1, 0.15) is 19.0 Å². The molecule has 127 heavy (non-hydrogen) atoms. The number of carbonyl (C=O) groups excluding carboxylic acids is 2. The third-order valence-electron chi connectivity index (χ3n) is 27.1. The Hall–Kier alpha value is -6.58.